The van der Waals surface area contributed by atoms with E-state index in [2.05, 4.69) is 29.6 Å². The number of carbonyl (C=O) groups is 1. The van der Waals surface area contributed by atoms with Crippen LogP contribution in [0.4, 0.5) is 0 Å². The summed E-state index contributed by atoms with van der Waals surface area (Å²) in [6.07, 6.45) is 0.230. The molecule has 0 fully saturated rings. The average molecular weight is 358 g/mol. The molecule has 0 aromatic heterocycles. The lowest BCUT2D eigenvalue weighted by Crippen LogP contribution is -2.30. The zero-order valence-electron chi connectivity index (χ0n) is 15.2. The number of benzene rings is 2. The predicted molar refractivity (Wildman–Crippen MR) is 105 cm³/mol. The molecule has 2 aromatic rings. The largest absolute Gasteiger partial charge is 0.374 e. The van der Waals surface area contributed by atoms with Crippen LogP contribution in [0.5, 0.6) is 0 Å². The maximum Gasteiger partial charge on any atom is 0.233 e. The Morgan fingerprint density at radius 2 is 1.60 bits per heavy atom. The molecule has 0 heterocycles. The lowest BCUT2D eigenvalue weighted by Gasteiger charge is -2.12. The van der Waals surface area contributed by atoms with Gasteiger partial charge in [-0.1, -0.05) is 54.6 Å². The number of thioether (sulfide) groups is 1. The van der Waals surface area contributed by atoms with Crippen LogP contribution in [0.1, 0.15) is 37.5 Å². The monoisotopic (exact) mass is 357 g/mol. The third kappa shape index (κ3) is 7.32. The van der Waals surface area contributed by atoms with Gasteiger partial charge in [0, 0.05) is 12.3 Å². The quantitative estimate of drug-likeness (QED) is 0.715. The summed E-state index contributed by atoms with van der Waals surface area (Å²) in [4.78, 5) is 12.2. The van der Waals surface area contributed by atoms with E-state index in [0.717, 1.165) is 16.9 Å². The molecule has 0 bridgehead atoms. The highest BCUT2D eigenvalue weighted by molar-refractivity contribution is 7.99. The van der Waals surface area contributed by atoms with Gasteiger partial charge in [0.2, 0.25) is 5.91 Å². The summed E-state index contributed by atoms with van der Waals surface area (Å²) in [5.74, 6) is 0.924. The first kappa shape index (κ1) is 19.5. The molecule has 0 saturated carbocycles. The number of hydrogen-bond acceptors (Lipinski definition) is 3. The van der Waals surface area contributed by atoms with Crippen molar-refractivity contribution in [3.63, 3.8) is 0 Å². The fourth-order valence-corrected chi connectivity index (χ4v) is 3.09. The number of amides is 1. The first-order valence-electron chi connectivity index (χ1n) is 8.67. The minimum Gasteiger partial charge on any atom is -0.374 e. The van der Waals surface area contributed by atoms with Gasteiger partial charge in [-0.25, -0.2) is 0 Å². The summed E-state index contributed by atoms with van der Waals surface area (Å²) in [5, 5.41) is 2.94. The summed E-state index contributed by atoms with van der Waals surface area (Å²) < 4.78 is 5.59. The zero-order chi connectivity index (χ0) is 18.1. The Balaban J connectivity index is 1.73. The SMILES string of the molecule is CC(C)OCc1ccc(CNC(=O)C(C)SCc2ccccc2)cc1. The topological polar surface area (TPSA) is 38.3 Å². The van der Waals surface area contributed by atoms with Crippen LogP contribution in [0.15, 0.2) is 54.6 Å². The van der Waals surface area contributed by atoms with Crippen LogP contribution in [0.25, 0.3) is 0 Å². The first-order chi connectivity index (χ1) is 12.0. The number of rotatable bonds is 9. The maximum absolute atomic E-state index is 12.2. The van der Waals surface area contributed by atoms with Gasteiger partial charge >= 0.3 is 0 Å². The molecule has 0 spiro atoms. The second-order valence-corrected chi connectivity index (χ2v) is 7.66. The second kappa shape index (κ2) is 10.3. The maximum atomic E-state index is 12.2. The Labute approximate surface area is 155 Å². The Morgan fingerprint density at radius 3 is 2.24 bits per heavy atom. The van der Waals surface area contributed by atoms with Crippen molar-refractivity contribution in [1.29, 1.82) is 0 Å². The van der Waals surface area contributed by atoms with Gasteiger partial charge in [0.1, 0.15) is 0 Å². The minimum atomic E-state index is -0.0704. The van der Waals surface area contributed by atoms with Gasteiger partial charge < -0.3 is 10.1 Å². The molecule has 0 aliphatic carbocycles. The van der Waals surface area contributed by atoms with E-state index >= 15 is 0 Å². The highest BCUT2D eigenvalue weighted by atomic mass is 32.2. The number of hydrogen-bond donors (Lipinski definition) is 1. The van der Waals surface area contributed by atoms with Crippen molar-refractivity contribution in [2.45, 2.75) is 51.0 Å². The van der Waals surface area contributed by atoms with E-state index < -0.39 is 0 Å². The summed E-state index contributed by atoms with van der Waals surface area (Å²) in [5.41, 5.74) is 3.49. The number of nitrogens with one attached hydrogen (secondary N) is 1. The van der Waals surface area contributed by atoms with Gasteiger partial charge in [-0.2, -0.15) is 0 Å². The summed E-state index contributed by atoms with van der Waals surface area (Å²) in [7, 11) is 0. The molecule has 1 atom stereocenters. The van der Waals surface area contributed by atoms with Crippen LogP contribution >= 0.6 is 11.8 Å². The molecule has 1 amide bonds. The van der Waals surface area contributed by atoms with Gasteiger partial charge in [-0.15, -0.1) is 11.8 Å². The highest BCUT2D eigenvalue weighted by Crippen LogP contribution is 2.17. The van der Waals surface area contributed by atoms with Crippen molar-refractivity contribution >= 4 is 17.7 Å². The molecule has 0 saturated heterocycles. The van der Waals surface area contributed by atoms with Crippen molar-refractivity contribution in [3.8, 4) is 0 Å². The van der Waals surface area contributed by atoms with E-state index in [1.54, 1.807) is 11.8 Å². The third-order valence-corrected chi connectivity index (χ3v) is 5.00. The molecule has 1 unspecified atom stereocenters. The first-order valence-corrected chi connectivity index (χ1v) is 9.72. The van der Waals surface area contributed by atoms with Crippen molar-refractivity contribution in [2.24, 2.45) is 0 Å². The lowest BCUT2D eigenvalue weighted by molar-refractivity contribution is -0.120. The normalized spacial score (nSPS) is 12.2. The standard InChI is InChI=1S/C21H27NO2S/c1-16(2)24-14-19-11-9-18(10-12-19)13-22-21(23)17(3)25-15-20-7-5-4-6-8-20/h4-12,16-17H,13-15H2,1-3H3,(H,22,23). The highest BCUT2D eigenvalue weighted by Gasteiger charge is 2.13. The van der Waals surface area contributed by atoms with Crippen molar-refractivity contribution in [3.05, 3.63) is 71.3 Å². The summed E-state index contributed by atoms with van der Waals surface area (Å²) in [6.45, 7) is 7.19. The zero-order valence-corrected chi connectivity index (χ0v) is 16.0. The van der Waals surface area contributed by atoms with Crippen LogP contribution in [0, 0.1) is 0 Å². The Hall–Kier alpha value is -1.78. The third-order valence-electron chi connectivity index (χ3n) is 3.79. The van der Waals surface area contributed by atoms with Crippen LogP contribution in [-0.2, 0) is 28.4 Å². The van der Waals surface area contributed by atoms with E-state index in [4.69, 9.17) is 4.74 Å². The lowest BCUT2D eigenvalue weighted by atomic mass is 10.1. The average Bonchev–Trinajstić information content (AvgIpc) is 2.64. The number of ether oxygens (including phenoxy) is 1. The van der Waals surface area contributed by atoms with Crippen LogP contribution in [0.3, 0.4) is 0 Å². The van der Waals surface area contributed by atoms with E-state index in [-0.39, 0.29) is 17.3 Å². The van der Waals surface area contributed by atoms with Crippen molar-refractivity contribution < 1.29 is 9.53 Å². The Bertz CT molecular complexity index is 641. The van der Waals surface area contributed by atoms with Crippen molar-refractivity contribution in [1.82, 2.24) is 5.32 Å². The van der Waals surface area contributed by atoms with Gasteiger partial charge in [0.15, 0.2) is 0 Å². The molecule has 2 aromatic carbocycles. The smallest absolute Gasteiger partial charge is 0.233 e. The molecule has 1 N–H and O–H groups in total. The van der Waals surface area contributed by atoms with E-state index in [9.17, 15) is 4.79 Å². The summed E-state index contributed by atoms with van der Waals surface area (Å²) >= 11 is 1.66. The molecule has 25 heavy (non-hydrogen) atoms. The molecular weight excluding hydrogens is 330 g/mol. The van der Waals surface area contributed by atoms with E-state index in [0.29, 0.717) is 13.2 Å². The predicted octanol–water partition coefficient (Wildman–Crippen LogP) is 4.55. The Kier molecular flexibility index (Phi) is 8.02. The van der Waals surface area contributed by atoms with E-state index in [1.165, 1.54) is 5.56 Å². The van der Waals surface area contributed by atoms with E-state index in [1.807, 2.05) is 51.1 Å². The molecule has 134 valence electrons. The van der Waals surface area contributed by atoms with Gasteiger partial charge in [0.25, 0.3) is 0 Å². The fraction of sp³-hybridized carbons (Fsp3) is 0.381. The second-order valence-electron chi connectivity index (χ2n) is 6.33. The molecular formula is C21H27NO2S. The molecule has 0 radical (unpaired) electrons. The fourth-order valence-electron chi connectivity index (χ4n) is 2.22. The van der Waals surface area contributed by atoms with Crippen LogP contribution in [-0.4, -0.2) is 17.3 Å². The van der Waals surface area contributed by atoms with Crippen LogP contribution in [0.2, 0.25) is 0 Å². The molecule has 3 nitrogen and oxygen atoms in total. The minimum absolute atomic E-state index is 0.0704. The number of carbonyl (C=O) groups excluding carboxylic acids is 1. The van der Waals surface area contributed by atoms with Crippen LogP contribution < -0.4 is 5.32 Å². The van der Waals surface area contributed by atoms with Gasteiger partial charge in [-0.3, -0.25) is 4.79 Å². The van der Waals surface area contributed by atoms with Gasteiger partial charge in [-0.05, 0) is 37.5 Å². The molecule has 2 rings (SSSR count). The van der Waals surface area contributed by atoms with Gasteiger partial charge in [0.05, 0.1) is 18.0 Å². The summed E-state index contributed by atoms with van der Waals surface area (Å²) in [6, 6.07) is 18.4. The molecule has 0 aliphatic heterocycles. The molecule has 4 heteroatoms. The Morgan fingerprint density at radius 1 is 0.960 bits per heavy atom. The molecule has 0 aliphatic rings. The van der Waals surface area contributed by atoms with Crippen molar-refractivity contribution in [2.75, 3.05) is 0 Å².